The molecule has 1 aromatic rings. The van der Waals surface area contributed by atoms with E-state index >= 15 is 0 Å². The average Bonchev–Trinajstić information content (AvgIpc) is 3.09. The van der Waals surface area contributed by atoms with Gasteiger partial charge in [0, 0.05) is 51.6 Å². The van der Waals surface area contributed by atoms with Crippen LogP contribution in [0.5, 0.6) is 0 Å². The highest BCUT2D eigenvalue weighted by molar-refractivity contribution is 14.0. The monoisotopic (exact) mass is 474 g/mol. The molecule has 0 spiro atoms. The fraction of sp³-hybridized carbons (Fsp3) is 0.650. The molecule has 1 unspecified atom stereocenters. The van der Waals surface area contributed by atoms with Crippen molar-refractivity contribution in [3.05, 3.63) is 29.8 Å². The minimum Gasteiger partial charge on any atom is -0.381 e. The molecule has 1 atom stereocenters. The van der Waals surface area contributed by atoms with Crippen molar-refractivity contribution in [2.75, 3.05) is 44.8 Å². The lowest BCUT2D eigenvalue weighted by atomic mass is 10.2. The molecule has 0 aliphatic carbocycles. The van der Waals surface area contributed by atoms with Crippen LogP contribution in [0.1, 0.15) is 38.2 Å². The highest BCUT2D eigenvalue weighted by atomic mass is 127. The van der Waals surface area contributed by atoms with Crippen molar-refractivity contribution in [2.45, 2.75) is 45.6 Å². The summed E-state index contributed by atoms with van der Waals surface area (Å²) < 4.78 is 5.59. The number of anilines is 1. The molecule has 0 radical (unpaired) electrons. The number of hydrogen-bond donors (Lipinski definition) is 2. The Balaban J connectivity index is 0.00000338. The fourth-order valence-corrected chi connectivity index (χ4v) is 2.99. The molecule has 148 valence electrons. The predicted octanol–water partition coefficient (Wildman–Crippen LogP) is 3.56. The lowest BCUT2D eigenvalue weighted by Gasteiger charge is -2.20. The zero-order valence-corrected chi connectivity index (χ0v) is 18.8. The zero-order chi connectivity index (χ0) is 17.9. The summed E-state index contributed by atoms with van der Waals surface area (Å²) in [5, 5.41) is 6.93. The summed E-state index contributed by atoms with van der Waals surface area (Å²) >= 11 is 0. The van der Waals surface area contributed by atoms with E-state index in [4.69, 9.17) is 4.74 Å². The molecule has 1 aromatic carbocycles. The van der Waals surface area contributed by atoms with Gasteiger partial charge >= 0.3 is 0 Å². The van der Waals surface area contributed by atoms with E-state index < -0.39 is 0 Å². The molecule has 5 nitrogen and oxygen atoms in total. The highest BCUT2D eigenvalue weighted by Gasteiger charge is 2.23. The Kier molecular flexibility index (Phi) is 11.7. The summed E-state index contributed by atoms with van der Waals surface area (Å²) in [7, 11) is 1.83. The third-order valence-corrected chi connectivity index (χ3v) is 4.55. The van der Waals surface area contributed by atoms with Crippen molar-refractivity contribution in [3.8, 4) is 0 Å². The Morgan fingerprint density at radius 1 is 1.23 bits per heavy atom. The maximum atomic E-state index is 5.59. The van der Waals surface area contributed by atoms with Gasteiger partial charge < -0.3 is 20.3 Å². The minimum absolute atomic E-state index is 0. The maximum Gasteiger partial charge on any atom is 0.191 e. The van der Waals surface area contributed by atoms with Gasteiger partial charge in [0.25, 0.3) is 0 Å². The third kappa shape index (κ3) is 8.12. The summed E-state index contributed by atoms with van der Waals surface area (Å²) in [4.78, 5) is 6.78. The van der Waals surface area contributed by atoms with Gasteiger partial charge in [-0.15, -0.1) is 24.0 Å². The first-order valence-electron chi connectivity index (χ1n) is 9.59. The number of nitrogens with zero attached hydrogens (tertiary/aromatic N) is 2. The fourth-order valence-electron chi connectivity index (χ4n) is 2.99. The van der Waals surface area contributed by atoms with Crippen LogP contribution in [0.25, 0.3) is 0 Å². The number of aliphatic imine (C=N–C) groups is 1. The second kappa shape index (κ2) is 13.2. The van der Waals surface area contributed by atoms with E-state index in [-0.39, 0.29) is 24.0 Å². The number of aryl methyl sites for hydroxylation is 1. The molecule has 0 saturated carbocycles. The molecule has 26 heavy (non-hydrogen) atoms. The molecule has 0 aromatic heterocycles. The number of nitrogens with one attached hydrogen (secondary N) is 2. The molecule has 1 heterocycles. The quantitative estimate of drug-likeness (QED) is 0.249. The first kappa shape index (κ1) is 23.0. The van der Waals surface area contributed by atoms with Gasteiger partial charge in [0.2, 0.25) is 0 Å². The van der Waals surface area contributed by atoms with Crippen LogP contribution < -0.4 is 15.5 Å². The van der Waals surface area contributed by atoms with Gasteiger partial charge in [-0.3, -0.25) is 4.99 Å². The van der Waals surface area contributed by atoms with Crippen LogP contribution in [0.4, 0.5) is 5.69 Å². The van der Waals surface area contributed by atoms with Gasteiger partial charge in [-0.05, 0) is 38.3 Å². The average molecular weight is 474 g/mol. The molecule has 2 N–H and O–H groups in total. The van der Waals surface area contributed by atoms with Crippen LogP contribution in [0.2, 0.25) is 0 Å². The van der Waals surface area contributed by atoms with Crippen LogP contribution in [0.15, 0.2) is 29.3 Å². The summed E-state index contributed by atoms with van der Waals surface area (Å²) in [6, 6.07) is 9.22. The van der Waals surface area contributed by atoms with E-state index in [2.05, 4.69) is 58.6 Å². The van der Waals surface area contributed by atoms with Crippen LogP contribution in [-0.4, -0.2) is 51.9 Å². The van der Waals surface area contributed by atoms with E-state index in [9.17, 15) is 0 Å². The van der Waals surface area contributed by atoms with Crippen molar-refractivity contribution in [3.63, 3.8) is 0 Å². The zero-order valence-electron chi connectivity index (χ0n) is 16.5. The van der Waals surface area contributed by atoms with E-state index in [1.807, 2.05) is 7.05 Å². The standard InChI is InChI=1S/C20H34N4O.HI/c1-4-5-14-25-15-6-12-22-20(21-3)23-18-11-13-24(16-18)19-9-7-17(2)8-10-19;/h7-10,18H,4-6,11-16H2,1-3H3,(H2,21,22,23);1H. The second-order valence-electron chi connectivity index (χ2n) is 6.73. The first-order valence-corrected chi connectivity index (χ1v) is 9.59. The van der Waals surface area contributed by atoms with Gasteiger partial charge in [-0.2, -0.15) is 0 Å². The minimum atomic E-state index is 0. The van der Waals surface area contributed by atoms with Gasteiger partial charge in [0.15, 0.2) is 5.96 Å². The lowest BCUT2D eigenvalue weighted by molar-refractivity contribution is 0.129. The molecule has 1 aliphatic rings. The van der Waals surface area contributed by atoms with Crippen LogP contribution in [-0.2, 0) is 4.74 Å². The van der Waals surface area contributed by atoms with Gasteiger partial charge in [0.05, 0.1) is 0 Å². The van der Waals surface area contributed by atoms with Crippen molar-refractivity contribution in [1.82, 2.24) is 10.6 Å². The molecule has 6 heteroatoms. The third-order valence-electron chi connectivity index (χ3n) is 4.55. The molecule has 1 saturated heterocycles. The molecular formula is C20H35IN4O. The molecule has 1 aliphatic heterocycles. The number of benzene rings is 1. The van der Waals surface area contributed by atoms with Crippen molar-refractivity contribution >= 4 is 35.6 Å². The smallest absolute Gasteiger partial charge is 0.191 e. The topological polar surface area (TPSA) is 48.9 Å². The number of guanidine groups is 1. The molecule has 0 bridgehead atoms. The maximum absolute atomic E-state index is 5.59. The number of unbranched alkanes of at least 4 members (excludes halogenated alkanes) is 1. The Hall–Kier alpha value is -1.02. The molecule has 0 amide bonds. The number of ether oxygens (including phenoxy) is 1. The summed E-state index contributed by atoms with van der Waals surface area (Å²) in [5.41, 5.74) is 2.61. The normalized spacial score (nSPS) is 17.1. The van der Waals surface area contributed by atoms with Crippen LogP contribution in [0, 0.1) is 6.92 Å². The predicted molar refractivity (Wildman–Crippen MR) is 122 cm³/mol. The van der Waals surface area contributed by atoms with E-state index in [1.165, 1.54) is 17.7 Å². The van der Waals surface area contributed by atoms with Crippen LogP contribution in [0.3, 0.4) is 0 Å². The Labute approximate surface area is 176 Å². The summed E-state index contributed by atoms with van der Waals surface area (Å²) in [6.45, 7) is 8.99. The second-order valence-corrected chi connectivity index (χ2v) is 6.73. The van der Waals surface area contributed by atoms with E-state index in [0.717, 1.165) is 58.1 Å². The number of hydrogen-bond acceptors (Lipinski definition) is 3. The van der Waals surface area contributed by atoms with E-state index in [0.29, 0.717) is 6.04 Å². The van der Waals surface area contributed by atoms with Crippen molar-refractivity contribution < 1.29 is 4.74 Å². The van der Waals surface area contributed by atoms with Crippen molar-refractivity contribution in [2.24, 2.45) is 4.99 Å². The Morgan fingerprint density at radius 2 is 1.96 bits per heavy atom. The van der Waals surface area contributed by atoms with Gasteiger partial charge in [-0.25, -0.2) is 0 Å². The number of rotatable bonds is 9. The van der Waals surface area contributed by atoms with Crippen molar-refractivity contribution in [1.29, 1.82) is 0 Å². The SMILES string of the molecule is CCCCOCCCNC(=NC)NC1CCN(c2ccc(C)cc2)C1.I. The summed E-state index contributed by atoms with van der Waals surface area (Å²) in [6.07, 6.45) is 4.48. The Morgan fingerprint density at radius 3 is 2.65 bits per heavy atom. The lowest BCUT2D eigenvalue weighted by Crippen LogP contribution is -2.45. The molecule has 1 fully saturated rings. The molecular weight excluding hydrogens is 439 g/mol. The Bertz CT molecular complexity index is 521. The van der Waals surface area contributed by atoms with Gasteiger partial charge in [-0.1, -0.05) is 31.0 Å². The molecule has 2 rings (SSSR count). The highest BCUT2D eigenvalue weighted by Crippen LogP contribution is 2.20. The first-order chi connectivity index (χ1) is 12.2. The van der Waals surface area contributed by atoms with Crippen LogP contribution >= 0.6 is 24.0 Å². The number of halogens is 1. The summed E-state index contributed by atoms with van der Waals surface area (Å²) in [5.74, 6) is 0.893. The van der Waals surface area contributed by atoms with E-state index in [1.54, 1.807) is 0 Å². The van der Waals surface area contributed by atoms with Gasteiger partial charge in [0.1, 0.15) is 0 Å². The largest absolute Gasteiger partial charge is 0.381 e.